The van der Waals surface area contributed by atoms with Gasteiger partial charge < -0.3 is 5.32 Å². The Kier molecular flexibility index (Phi) is 4.79. The second-order valence-corrected chi connectivity index (χ2v) is 6.22. The van der Waals surface area contributed by atoms with Crippen LogP contribution in [0, 0.1) is 0 Å². The third kappa shape index (κ3) is 3.96. The second kappa shape index (κ2) is 7.70. The smallest absolute Gasteiger partial charge is 0.226 e. The van der Waals surface area contributed by atoms with Gasteiger partial charge in [0.25, 0.3) is 0 Å². The van der Waals surface area contributed by atoms with Gasteiger partial charge in [0.1, 0.15) is 0 Å². The summed E-state index contributed by atoms with van der Waals surface area (Å²) in [6, 6.07) is 28.3. The van der Waals surface area contributed by atoms with Crippen LogP contribution in [-0.2, 0) is 6.54 Å². The SMILES string of the molecule is C=Cc1ccc(Cn2nc(-c3ccccc3)nc2Nc2ccccc2)cc1. The van der Waals surface area contributed by atoms with Gasteiger partial charge in [0.2, 0.25) is 5.95 Å². The van der Waals surface area contributed by atoms with E-state index in [2.05, 4.69) is 36.2 Å². The molecule has 4 aromatic rings. The lowest BCUT2D eigenvalue weighted by molar-refractivity contribution is 0.696. The number of rotatable bonds is 6. The van der Waals surface area contributed by atoms with E-state index in [-0.39, 0.29) is 0 Å². The Morgan fingerprint density at radius 1 is 0.852 bits per heavy atom. The Bertz CT molecular complexity index is 1020. The van der Waals surface area contributed by atoms with Crippen molar-refractivity contribution in [2.24, 2.45) is 0 Å². The molecule has 0 amide bonds. The van der Waals surface area contributed by atoms with Crippen LogP contribution >= 0.6 is 0 Å². The second-order valence-electron chi connectivity index (χ2n) is 6.22. The first-order valence-electron chi connectivity index (χ1n) is 8.85. The van der Waals surface area contributed by atoms with Crippen LogP contribution in [0.1, 0.15) is 11.1 Å². The van der Waals surface area contributed by atoms with Crippen LogP contribution in [0.2, 0.25) is 0 Å². The molecule has 0 radical (unpaired) electrons. The van der Waals surface area contributed by atoms with E-state index in [9.17, 15) is 0 Å². The van der Waals surface area contributed by atoms with Gasteiger partial charge in [0, 0.05) is 11.3 Å². The predicted molar refractivity (Wildman–Crippen MR) is 111 cm³/mol. The molecule has 0 saturated heterocycles. The van der Waals surface area contributed by atoms with Crippen LogP contribution in [-0.4, -0.2) is 14.8 Å². The molecule has 0 aliphatic rings. The van der Waals surface area contributed by atoms with Crippen molar-refractivity contribution in [3.05, 3.63) is 103 Å². The number of hydrogen-bond donors (Lipinski definition) is 1. The third-order valence-electron chi connectivity index (χ3n) is 4.28. The van der Waals surface area contributed by atoms with Crippen LogP contribution in [0.25, 0.3) is 17.5 Å². The van der Waals surface area contributed by atoms with Crippen LogP contribution in [0.5, 0.6) is 0 Å². The summed E-state index contributed by atoms with van der Waals surface area (Å²) in [7, 11) is 0. The van der Waals surface area contributed by atoms with Crippen molar-refractivity contribution in [3.8, 4) is 11.4 Å². The number of hydrogen-bond acceptors (Lipinski definition) is 3. The first-order chi connectivity index (χ1) is 13.3. The Morgan fingerprint density at radius 3 is 2.19 bits per heavy atom. The fraction of sp³-hybridized carbons (Fsp3) is 0.0435. The van der Waals surface area contributed by atoms with Crippen LogP contribution < -0.4 is 5.32 Å². The average Bonchev–Trinajstić information content (AvgIpc) is 3.12. The van der Waals surface area contributed by atoms with E-state index in [0.717, 1.165) is 22.4 Å². The zero-order chi connectivity index (χ0) is 18.5. The highest BCUT2D eigenvalue weighted by Gasteiger charge is 2.12. The van der Waals surface area contributed by atoms with E-state index in [1.54, 1.807) is 0 Å². The Labute approximate surface area is 158 Å². The molecule has 0 aliphatic carbocycles. The molecule has 4 heteroatoms. The first kappa shape index (κ1) is 16.8. The number of nitrogens with one attached hydrogen (secondary N) is 1. The van der Waals surface area contributed by atoms with Gasteiger partial charge >= 0.3 is 0 Å². The zero-order valence-electron chi connectivity index (χ0n) is 14.9. The van der Waals surface area contributed by atoms with Gasteiger partial charge in [-0.1, -0.05) is 85.5 Å². The van der Waals surface area contributed by atoms with E-state index in [1.807, 2.05) is 71.4 Å². The molecule has 4 rings (SSSR count). The van der Waals surface area contributed by atoms with Crippen molar-refractivity contribution in [3.63, 3.8) is 0 Å². The highest BCUT2D eigenvalue weighted by Crippen LogP contribution is 2.21. The predicted octanol–water partition coefficient (Wildman–Crippen LogP) is 5.38. The van der Waals surface area contributed by atoms with Crippen LogP contribution in [0.4, 0.5) is 11.6 Å². The molecule has 0 bridgehead atoms. The molecule has 3 aromatic carbocycles. The summed E-state index contributed by atoms with van der Waals surface area (Å²) >= 11 is 0. The van der Waals surface area contributed by atoms with Crippen LogP contribution in [0.3, 0.4) is 0 Å². The lowest BCUT2D eigenvalue weighted by Gasteiger charge is -2.08. The summed E-state index contributed by atoms with van der Waals surface area (Å²) in [6.07, 6.45) is 1.84. The topological polar surface area (TPSA) is 42.7 Å². The van der Waals surface area contributed by atoms with Crippen molar-refractivity contribution in [2.45, 2.75) is 6.54 Å². The molecule has 0 atom stereocenters. The highest BCUT2D eigenvalue weighted by atomic mass is 15.4. The number of benzene rings is 3. The molecule has 0 saturated carbocycles. The molecule has 0 unspecified atom stereocenters. The van der Waals surface area contributed by atoms with Gasteiger partial charge in [-0.05, 0) is 23.3 Å². The molecular weight excluding hydrogens is 332 g/mol. The normalized spacial score (nSPS) is 10.5. The van der Waals surface area contributed by atoms with Crippen molar-refractivity contribution in [2.75, 3.05) is 5.32 Å². The van der Waals surface area contributed by atoms with Gasteiger partial charge in [0.05, 0.1) is 6.54 Å². The van der Waals surface area contributed by atoms with Gasteiger partial charge in [-0.3, -0.25) is 0 Å². The monoisotopic (exact) mass is 352 g/mol. The summed E-state index contributed by atoms with van der Waals surface area (Å²) < 4.78 is 1.90. The number of nitrogens with zero attached hydrogens (tertiary/aromatic N) is 3. The largest absolute Gasteiger partial charge is 0.324 e. The summed E-state index contributed by atoms with van der Waals surface area (Å²) in [4.78, 5) is 4.73. The molecule has 4 nitrogen and oxygen atoms in total. The number of anilines is 2. The Hall–Kier alpha value is -3.66. The maximum atomic E-state index is 4.74. The minimum Gasteiger partial charge on any atom is -0.324 e. The third-order valence-corrected chi connectivity index (χ3v) is 4.28. The van der Waals surface area contributed by atoms with Gasteiger partial charge in [0.15, 0.2) is 5.82 Å². The maximum Gasteiger partial charge on any atom is 0.226 e. The minimum absolute atomic E-state index is 0.631. The zero-order valence-corrected chi connectivity index (χ0v) is 14.9. The number of para-hydroxylation sites is 1. The Balaban J connectivity index is 1.68. The Morgan fingerprint density at radius 2 is 1.52 bits per heavy atom. The summed E-state index contributed by atoms with van der Waals surface area (Å²) in [6.45, 7) is 4.44. The molecule has 0 spiro atoms. The van der Waals surface area contributed by atoms with E-state index in [4.69, 9.17) is 10.1 Å². The van der Waals surface area contributed by atoms with E-state index < -0.39 is 0 Å². The summed E-state index contributed by atoms with van der Waals surface area (Å²) in [5.74, 6) is 1.42. The van der Waals surface area contributed by atoms with Crippen LogP contribution in [0.15, 0.2) is 91.5 Å². The standard InChI is InChI=1S/C23H20N4/c1-2-18-13-15-19(16-14-18)17-27-23(24-21-11-7-4-8-12-21)25-22(26-27)20-9-5-3-6-10-20/h2-16H,1,17H2,(H,24,25,26). The average molecular weight is 352 g/mol. The highest BCUT2D eigenvalue weighted by molar-refractivity contribution is 5.59. The molecule has 1 heterocycles. The number of aromatic nitrogens is 3. The molecule has 1 N–H and O–H groups in total. The van der Waals surface area contributed by atoms with Crippen molar-refractivity contribution >= 4 is 17.7 Å². The van der Waals surface area contributed by atoms with Crippen molar-refractivity contribution in [1.82, 2.24) is 14.8 Å². The quantitative estimate of drug-likeness (QED) is 0.506. The van der Waals surface area contributed by atoms with Gasteiger partial charge in [-0.15, -0.1) is 5.10 Å². The molecular formula is C23H20N4. The van der Waals surface area contributed by atoms with E-state index in [1.165, 1.54) is 0 Å². The molecule has 0 fully saturated rings. The van der Waals surface area contributed by atoms with Gasteiger partial charge in [-0.25, -0.2) is 4.68 Å². The lowest BCUT2D eigenvalue weighted by Crippen LogP contribution is -2.06. The summed E-state index contributed by atoms with van der Waals surface area (Å²) in [5.41, 5.74) is 4.23. The lowest BCUT2D eigenvalue weighted by atomic mass is 10.1. The fourth-order valence-electron chi connectivity index (χ4n) is 2.84. The van der Waals surface area contributed by atoms with E-state index >= 15 is 0 Å². The summed E-state index contributed by atoms with van der Waals surface area (Å²) in [5, 5.41) is 8.12. The molecule has 1 aromatic heterocycles. The maximum absolute atomic E-state index is 4.74. The molecule has 27 heavy (non-hydrogen) atoms. The first-order valence-corrected chi connectivity index (χ1v) is 8.85. The fourth-order valence-corrected chi connectivity index (χ4v) is 2.84. The van der Waals surface area contributed by atoms with E-state index in [0.29, 0.717) is 18.3 Å². The molecule has 132 valence electrons. The minimum atomic E-state index is 0.631. The van der Waals surface area contributed by atoms with Crippen molar-refractivity contribution < 1.29 is 0 Å². The van der Waals surface area contributed by atoms with Crippen molar-refractivity contribution in [1.29, 1.82) is 0 Å². The van der Waals surface area contributed by atoms with Gasteiger partial charge in [-0.2, -0.15) is 4.98 Å². The molecule has 0 aliphatic heterocycles.